The van der Waals surface area contributed by atoms with Crippen LogP contribution >= 0.6 is 67.8 Å². The first kappa shape index (κ1) is 16.2. The van der Waals surface area contributed by atoms with Crippen LogP contribution in [0.1, 0.15) is 30.1 Å². The lowest BCUT2D eigenvalue weighted by Crippen LogP contribution is -2.46. The minimum Gasteiger partial charge on any atom is -0.454 e. The lowest BCUT2D eigenvalue weighted by molar-refractivity contribution is -0.0201. The average molecular weight is 597 g/mol. The Hall–Kier alpha value is 0.840. The summed E-state index contributed by atoms with van der Waals surface area (Å²) in [5.41, 5.74) is 0.286. The second-order valence-corrected chi connectivity index (χ2v) is 8.36. The highest BCUT2D eigenvalue weighted by Gasteiger charge is 2.31. The summed E-state index contributed by atoms with van der Waals surface area (Å²) in [6, 6.07) is 3.95. The van der Waals surface area contributed by atoms with E-state index in [1.54, 1.807) is 0 Å². The van der Waals surface area contributed by atoms with Gasteiger partial charge >= 0.3 is 5.97 Å². The summed E-state index contributed by atoms with van der Waals surface area (Å²) in [7, 11) is 0. The van der Waals surface area contributed by atoms with Gasteiger partial charge in [-0.2, -0.15) is 0 Å². The SMILES string of the molecule is CC1(OC(=O)c2cc(I)cc(I)c2I)CCCNC1. The number of carbonyl (C=O) groups is 1. The van der Waals surface area contributed by atoms with Gasteiger partial charge in [-0.1, -0.05) is 0 Å². The number of benzene rings is 1. The first-order valence-electron chi connectivity index (χ1n) is 6.00. The van der Waals surface area contributed by atoms with Crippen LogP contribution in [-0.2, 0) is 4.74 Å². The second-order valence-electron chi connectivity index (χ2n) is 4.87. The van der Waals surface area contributed by atoms with E-state index in [1.165, 1.54) is 0 Å². The van der Waals surface area contributed by atoms with Gasteiger partial charge in [0.2, 0.25) is 0 Å². The zero-order valence-corrected chi connectivity index (χ0v) is 16.9. The molecule has 0 aliphatic carbocycles. The maximum atomic E-state index is 12.4. The molecule has 1 heterocycles. The maximum absolute atomic E-state index is 12.4. The average Bonchev–Trinajstić information content (AvgIpc) is 2.34. The number of halogens is 3. The fraction of sp³-hybridized carbons (Fsp3) is 0.462. The molecular weight excluding hydrogens is 583 g/mol. The van der Waals surface area contributed by atoms with Crippen LogP contribution in [0.3, 0.4) is 0 Å². The summed E-state index contributed by atoms with van der Waals surface area (Å²) in [6.07, 6.45) is 1.97. The van der Waals surface area contributed by atoms with Crippen LogP contribution < -0.4 is 5.32 Å². The van der Waals surface area contributed by atoms with Gasteiger partial charge in [0.05, 0.1) is 5.56 Å². The van der Waals surface area contributed by atoms with Gasteiger partial charge in [0, 0.05) is 17.3 Å². The van der Waals surface area contributed by atoms with Crippen LogP contribution in [0.4, 0.5) is 0 Å². The molecule has 0 amide bonds. The van der Waals surface area contributed by atoms with Crippen molar-refractivity contribution >= 4 is 73.7 Å². The van der Waals surface area contributed by atoms with Crippen molar-refractivity contribution in [3.05, 3.63) is 28.4 Å². The zero-order chi connectivity index (χ0) is 14.0. The highest BCUT2D eigenvalue weighted by atomic mass is 127. The lowest BCUT2D eigenvalue weighted by Gasteiger charge is -2.33. The normalized spacial score (nSPS) is 23.2. The molecule has 1 unspecified atom stereocenters. The predicted molar refractivity (Wildman–Crippen MR) is 101 cm³/mol. The van der Waals surface area contributed by atoms with E-state index in [1.807, 2.05) is 13.0 Å². The van der Waals surface area contributed by atoms with Crippen molar-refractivity contribution in [1.82, 2.24) is 5.32 Å². The van der Waals surface area contributed by atoms with Gasteiger partial charge in [-0.15, -0.1) is 0 Å². The van der Waals surface area contributed by atoms with Gasteiger partial charge in [-0.3, -0.25) is 0 Å². The smallest absolute Gasteiger partial charge is 0.339 e. The van der Waals surface area contributed by atoms with Crippen LogP contribution in [0.2, 0.25) is 0 Å². The fourth-order valence-electron chi connectivity index (χ4n) is 2.10. The molecule has 3 nitrogen and oxygen atoms in total. The third-order valence-corrected chi connectivity index (χ3v) is 6.78. The molecule has 2 rings (SSSR count). The van der Waals surface area contributed by atoms with Crippen LogP contribution in [0.5, 0.6) is 0 Å². The highest BCUT2D eigenvalue weighted by Crippen LogP contribution is 2.27. The molecule has 1 aromatic carbocycles. The third-order valence-electron chi connectivity index (χ3n) is 3.11. The van der Waals surface area contributed by atoms with E-state index in [9.17, 15) is 4.79 Å². The van der Waals surface area contributed by atoms with Gasteiger partial charge in [-0.25, -0.2) is 4.79 Å². The molecule has 104 valence electrons. The van der Waals surface area contributed by atoms with E-state index in [0.717, 1.165) is 36.6 Å². The number of hydrogen-bond acceptors (Lipinski definition) is 3. The number of ether oxygens (including phenoxy) is 1. The van der Waals surface area contributed by atoms with Crippen LogP contribution in [0.25, 0.3) is 0 Å². The Kier molecular flexibility index (Phi) is 5.75. The second kappa shape index (κ2) is 6.73. The summed E-state index contributed by atoms with van der Waals surface area (Å²) in [5.74, 6) is -0.216. The minimum absolute atomic E-state index is 0.216. The number of esters is 1. The van der Waals surface area contributed by atoms with Crippen molar-refractivity contribution in [1.29, 1.82) is 0 Å². The Labute approximate surface area is 154 Å². The molecule has 1 aliphatic heterocycles. The van der Waals surface area contributed by atoms with E-state index < -0.39 is 0 Å². The van der Waals surface area contributed by atoms with E-state index in [-0.39, 0.29) is 11.6 Å². The number of nitrogens with one attached hydrogen (secondary N) is 1. The highest BCUT2D eigenvalue weighted by molar-refractivity contribution is 14.1. The number of piperidine rings is 1. The molecule has 1 fully saturated rings. The van der Waals surface area contributed by atoms with Crippen molar-refractivity contribution in [3.8, 4) is 0 Å². The van der Waals surface area contributed by atoms with Crippen molar-refractivity contribution < 1.29 is 9.53 Å². The Balaban J connectivity index is 2.20. The molecule has 0 radical (unpaired) electrons. The van der Waals surface area contributed by atoms with Crippen molar-refractivity contribution in [2.75, 3.05) is 13.1 Å². The quantitative estimate of drug-likeness (QED) is 0.321. The molecule has 1 aromatic rings. The fourth-order valence-corrected chi connectivity index (χ4v) is 4.48. The van der Waals surface area contributed by atoms with Gasteiger partial charge in [-0.05, 0) is 106 Å². The molecule has 0 bridgehead atoms. The lowest BCUT2D eigenvalue weighted by atomic mass is 9.96. The van der Waals surface area contributed by atoms with Gasteiger partial charge in [0.1, 0.15) is 5.60 Å². The monoisotopic (exact) mass is 597 g/mol. The molecule has 1 aliphatic rings. The van der Waals surface area contributed by atoms with Crippen LogP contribution in [-0.4, -0.2) is 24.7 Å². The van der Waals surface area contributed by atoms with Crippen molar-refractivity contribution in [2.45, 2.75) is 25.4 Å². The Morgan fingerprint density at radius 1 is 1.37 bits per heavy atom. The molecule has 1 saturated heterocycles. The van der Waals surface area contributed by atoms with Crippen LogP contribution in [0.15, 0.2) is 12.1 Å². The standard InChI is InChI=1S/C13H14I3NO2/c1-13(3-2-4-17-7-13)19-12(18)9-5-8(14)6-10(15)11(9)16/h5-6,17H,2-4,7H2,1H3. The summed E-state index contributed by atoms with van der Waals surface area (Å²) < 4.78 is 8.86. The summed E-state index contributed by atoms with van der Waals surface area (Å²) >= 11 is 6.69. The Morgan fingerprint density at radius 3 is 2.74 bits per heavy atom. The van der Waals surface area contributed by atoms with Crippen molar-refractivity contribution in [2.24, 2.45) is 0 Å². The summed E-state index contributed by atoms with van der Waals surface area (Å²) in [6.45, 7) is 3.74. The van der Waals surface area contributed by atoms with Gasteiger partial charge in [0.25, 0.3) is 0 Å². The number of hydrogen-bond donors (Lipinski definition) is 1. The molecule has 0 spiro atoms. The third kappa shape index (κ3) is 4.16. The zero-order valence-electron chi connectivity index (χ0n) is 10.4. The molecule has 6 heteroatoms. The van der Waals surface area contributed by atoms with Gasteiger partial charge < -0.3 is 10.1 Å². The maximum Gasteiger partial charge on any atom is 0.339 e. The number of carbonyl (C=O) groups excluding carboxylic acids is 1. The summed E-state index contributed by atoms with van der Waals surface area (Å²) in [4.78, 5) is 12.4. The van der Waals surface area contributed by atoms with Crippen molar-refractivity contribution in [3.63, 3.8) is 0 Å². The van der Waals surface area contributed by atoms with Crippen LogP contribution in [0, 0.1) is 10.7 Å². The first-order chi connectivity index (χ1) is 8.91. The topological polar surface area (TPSA) is 38.3 Å². The molecule has 1 N–H and O–H groups in total. The van der Waals surface area contributed by atoms with E-state index in [2.05, 4.69) is 79.2 Å². The molecule has 19 heavy (non-hydrogen) atoms. The first-order valence-corrected chi connectivity index (χ1v) is 9.23. The molecule has 1 atom stereocenters. The number of rotatable bonds is 2. The van der Waals surface area contributed by atoms with E-state index >= 15 is 0 Å². The molecular formula is C13H14I3NO2. The summed E-state index contributed by atoms with van der Waals surface area (Å²) in [5, 5.41) is 3.29. The Bertz CT molecular complexity index is 499. The molecule has 0 saturated carbocycles. The Morgan fingerprint density at radius 2 is 2.11 bits per heavy atom. The molecule has 0 aromatic heterocycles. The largest absolute Gasteiger partial charge is 0.454 e. The van der Waals surface area contributed by atoms with Gasteiger partial charge in [0.15, 0.2) is 0 Å². The predicted octanol–water partition coefficient (Wildman–Crippen LogP) is 3.80. The minimum atomic E-state index is -0.384. The van der Waals surface area contributed by atoms with E-state index in [4.69, 9.17) is 4.74 Å². The van der Waals surface area contributed by atoms with E-state index in [0.29, 0.717) is 5.56 Å².